The molecule has 0 bridgehead atoms. The molecule has 160 valence electrons. The molecule has 2 aromatic carbocycles. The summed E-state index contributed by atoms with van der Waals surface area (Å²) in [5.41, 5.74) is 2.19. The number of carbonyl (C=O) groups excluding carboxylic acids is 2. The predicted molar refractivity (Wildman–Crippen MR) is 115 cm³/mol. The molecule has 1 aromatic heterocycles. The molecule has 0 spiro atoms. The maximum atomic E-state index is 12.9. The first kappa shape index (κ1) is 20.8. The highest BCUT2D eigenvalue weighted by Gasteiger charge is 2.24. The van der Waals surface area contributed by atoms with Gasteiger partial charge in [-0.15, -0.1) is 10.2 Å². The van der Waals surface area contributed by atoms with Gasteiger partial charge in [-0.1, -0.05) is 24.6 Å². The Bertz CT molecular complexity index is 1110. The molecule has 2 N–H and O–H groups in total. The van der Waals surface area contributed by atoms with Gasteiger partial charge in [-0.3, -0.25) is 9.59 Å². The number of fused-ring (bicyclic) bond motifs is 1. The first-order valence-electron chi connectivity index (χ1n) is 9.87. The largest absolute Gasteiger partial charge is 0.482 e. The number of rotatable bonds is 6. The zero-order chi connectivity index (χ0) is 22.0. The number of amides is 2. The lowest BCUT2D eigenvalue weighted by Gasteiger charge is -2.22. The minimum absolute atomic E-state index is 0.000267. The van der Waals surface area contributed by atoms with Gasteiger partial charge < -0.3 is 15.4 Å². The Labute approximate surface area is 183 Å². The summed E-state index contributed by atoms with van der Waals surface area (Å²) >= 11 is 5.92. The monoisotopic (exact) mass is 440 g/mol. The molecule has 4 rings (SSSR count). The number of nitrogens with one attached hydrogen (secondary N) is 2. The lowest BCUT2D eigenvalue weighted by molar-refractivity contribution is -0.125. The van der Waals surface area contributed by atoms with Crippen LogP contribution in [0.4, 0.5) is 5.69 Å². The average molecular weight is 441 g/mol. The number of ether oxygens (including phenoxy) is 1. The van der Waals surface area contributed by atoms with E-state index in [0.29, 0.717) is 28.7 Å². The van der Waals surface area contributed by atoms with Crippen molar-refractivity contribution in [2.24, 2.45) is 0 Å². The molecule has 0 saturated heterocycles. The lowest BCUT2D eigenvalue weighted by Crippen LogP contribution is -2.35. The van der Waals surface area contributed by atoms with E-state index in [9.17, 15) is 9.59 Å². The Hall–Kier alpha value is -3.46. The highest BCUT2D eigenvalue weighted by atomic mass is 35.5. The van der Waals surface area contributed by atoms with Gasteiger partial charge in [-0.05, 0) is 60.5 Å². The zero-order valence-corrected chi connectivity index (χ0v) is 17.8. The highest BCUT2D eigenvalue weighted by Crippen LogP contribution is 2.30. The number of tetrazole rings is 1. The fraction of sp³-hybridized carbons (Fsp3) is 0.286. The maximum Gasteiger partial charge on any atom is 0.262 e. The van der Waals surface area contributed by atoms with Crippen LogP contribution in [-0.4, -0.2) is 38.6 Å². The summed E-state index contributed by atoms with van der Waals surface area (Å²) in [6.45, 7) is 3.75. The molecule has 0 saturated carbocycles. The van der Waals surface area contributed by atoms with Crippen LogP contribution >= 0.6 is 11.6 Å². The predicted octanol–water partition coefficient (Wildman–Crippen LogP) is 3.15. The Morgan fingerprint density at radius 1 is 1.29 bits per heavy atom. The molecule has 0 fully saturated rings. The van der Waals surface area contributed by atoms with Gasteiger partial charge in [0.1, 0.15) is 5.75 Å². The van der Waals surface area contributed by atoms with Crippen molar-refractivity contribution in [3.8, 4) is 17.1 Å². The molecule has 1 aliphatic heterocycles. The summed E-state index contributed by atoms with van der Waals surface area (Å²) in [7, 11) is 0. The standard InChI is InChI=1S/C21H21ClN6O3/c1-3-17(28-26-20(25-27-28)13-4-7-15(22)8-5-13)21(30)23-12(2)14-6-9-18-16(10-14)24-19(29)11-31-18/h4-10,12,17H,3,11H2,1-2H3,(H,23,30)(H,24,29). The number of aromatic nitrogens is 4. The van der Waals surface area contributed by atoms with Crippen molar-refractivity contribution in [2.45, 2.75) is 32.4 Å². The second-order valence-corrected chi connectivity index (χ2v) is 7.62. The summed E-state index contributed by atoms with van der Waals surface area (Å²) in [6, 6.07) is 11.6. The Morgan fingerprint density at radius 2 is 2.06 bits per heavy atom. The summed E-state index contributed by atoms with van der Waals surface area (Å²) in [5.74, 6) is 0.588. The Balaban J connectivity index is 1.47. The van der Waals surface area contributed by atoms with Crippen molar-refractivity contribution < 1.29 is 14.3 Å². The van der Waals surface area contributed by atoms with E-state index in [0.717, 1.165) is 11.1 Å². The molecule has 9 nitrogen and oxygen atoms in total. The minimum atomic E-state index is -0.614. The molecule has 10 heteroatoms. The van der Waals surface area contributed by atoms with Crippen LogP contribution in [0.25, 0.3) is 11.4 Å². The van der Waals surface area contributed by atoms with Crippen LogP contribution in [0, 0.1) is 0 Å². The summed E-state index contributed by atoms with van der Waals surface area (Å²) in [6.07, 6.45) is 0.489. The molecule has 2 unspecified atom stereocenters. The quantitative estimate of drug-likeness (QED) is 0.609. The number of nitrogens with zero attached hydrogens (tertiary/aromatic N) is 4. The molecule has 2 atom stereocenters. The van der Waals surface area contributed by atoms with E-state index < -0.39 is 6.04 Å². The van der Waals surface area contributed by atoms with E-state index in [-0.39, 0.29) is 24.5 Å². The normalized spacial score (nSPS) is 14.7. The zero-order valence-electron chi connectivity index (χ0n) is 17.0. The van der Waals surface area contributed by atoms with Crippen molar-refractivity contribution in [3.05, 3.63) is 53.1 Å². The van der Waals surface area contributed by atoms with Crippen LogP contribution in [0.2, 0.25) is 5.02 Å². The van der Waals surface area contributed by atoms with Gasteiger partial charge in [0.05, 0.1) is 11.7 Å². The van der Waals surface area contributed by atoms with E-state index in [4.69, 9.17) is 16.3 Å². The smallest absolute Gasteiger partial charge is 0.262 e. The Kier molecular flexibility index (Phi) is 5.85. The van der Waals surface area contributed by atoms with Crippen molar-refractivity contribution in [1.82, 2.24) is 25.5 Å². The molecular weight excluding hydrogens is 420 g/mol. The number of benzene rings is 2. The first-order valence-corrected chi connectivity index (χ1v) is 10.2. The fourth-order valence-corrected chi connectivity index (χ4v) is 3.41. The van der Waals surface area contributed by atoms with Crippen molar-refractivity contribution in [1.29, 1.82) is 0 Å². The average Bonchev–Trinajstić information content (AvgIpc) is 3.24. The van der Waals surface area contributed by atoms with Crippen LogP contribution in [0.5, 0.6) is 5.75 Å². The SMILES string of the molecule is CCC(C(=O)NC(C)c1ccc2c(c1)NC(=O)CO2)n1nnc(-c2ccc(Cl)cc2)n1. The van der Waals surface area contributed by atoms with Crippen LogP contribution in [-0.2, 0) is 9.59 Å². The van der Waals surface area contributed by atoms with Gasteiger partial charge >= 0.3 is 0 Å². The van der Waals surface area contributed by atoms with Crippen molar-refractivity contribution >= 4 is 29.1 Å². The maximum absolute atomic E-state index is 12.9. The van der Waals surface area contributed by atoms with Crippen LogP contribution in [0.15, 0.2) is 42.5 Å². The van der Waals surface area contributed by atoms with E-state index in [1.165, 1.54) is 4.80 Å². The van der Waals surface area contributed by atoms with Gasteiger partial charge in [-0.25, -0.2) is 0 Å². The number of carbonyl (C=O) groups is 2. The van der Waals surface area contributed by atoms with E-state index >= 15 is 0 Å². The third-order valence-corrected chi connectivity index (χ3v) is 5.25. The molecule has 2 amide bonds. The van der Waals surface area contributed by atoms with Gasteiger partial charge in [0.15, 0.2) is 12.6 Å². The first-order chi connectivity index (χ1) is 14.9. The summed E-state index contributed by atoms with van der Waals surface area (Å²) in [5, 5.41) is 18.9. The van der Waals surface area contributed by atoms with Gasteiger partial charge in [0.2, 0.25) is 11.7 Å². The number of hydrogen-bond donors (Lipinski definition) is 2. The second-order valence-electron chi connectivity index (χ2n) is 7.19. The molecule has 3 aromatic rings. The van der Waals surface area contributed by atoms with Crippen LogP contribution < -0.4 is 15.4 Å². The molecule has 31 heavy (non-hydrogen) atoms. The number of halogens is 1. The topological polar surface area (TPSA) is 111 Å². The van der Waals surface area contributed by atoms with E-state index in [1.807, 2.05) is 19.9 Å². The van der Waals surface area contributed by atoms with E-state index in [1.54, 1.807) is 36.4 Å². The minimum Gasteiger partial charge on any atom is -0.482 e. The fourth-order valence-electron chi connectivity index (χ4n) is 3.29. The number of hydrogen-bond acceptors (Lipinski definition) is 6. The van der Waals surface area contributed by atoms with Gasteiger partial charge in [0.25, 0.3) is 5.91 Å². The summed E-state index contributed by atoms with van der Waals surface area (Å²) in [4.78, 5) is 25.8. The Morgan fingerprint density at radius 3 is 2.81 bits per heavy atom. The number of anilines is 1. The highest BCUT2D eigenvalue weighted by molar-refractivity contribution is 6.30. The van der Waals surface area contributed by atoms with Crippen molar-refractivity contribution in [2.75, 3.05) is 11.9 Å². The third kappa shape index (κ3) is 4.51. The van der Waals surface area contributed by atoms with Crippen molar-refractivity contribution in [3.63, 3.8) is 0 Å². The van der Waals surface area contributed by atoms with Crippen LogP contribution in [0.1, 0.15) is 37.9 Å². The van der Waals surface area contributed by atoms with E-state index in [2.05, 4.69) is 26.0 Å². The molecule has 2 heterocycles. The second kappa shape index (κ2) is 8.73. The summed E-state index contributed by atoms with van der Waals surface area (Å²) < 4.78 is 5.38. The van der Waals surface area contributed by atoms with Crippen LogP contribution in [0.3, 0.4) is 0 Å². The molecule has 1 aliphatic rings. The molecule has 0 aliphatic carbocycles. The lowest BCUT2D eigenvalue weighted by atomic mass is 10.1. The van der Waals surface area contributed by atoms with Gasteiger partial charge in [-0.2, -0.15) is 4.80 Å². The third-order valence-electron chi connectivity index (χ3n) is 4.99. The molecule has 0 radical (unpaired) electrons. The molecular formula is C21H21ClN6O3. The van der Waals surface area contributed by atoms with Gasteiger partial charge in [0, 0.05) is 10.6 Å².